The molecule has 0 spiro atoms. The summed E-state index contributed by atoms with van der Waals surface area (Å²) in [7, 11) is 0. The van der Waals surface area contributed by atoms with E-state index in [1.165, 1.54) is 51.4 Å². The first-order valence-corrected chi connectivity index (χ1v) is 6.60. The van der Waals surface area contributed by atoms with Gasteiger partial charge in [0.05, 0.1) is 0 Å². The molecule has 0 aromatic rings. The minimum Gasteiger partial charge on any atom is -1.00 e. The van der Waals surface area contributed by atoms with Gasteiger partial charge in [-0.2, -0.15) is 0 Å². The fourth-order valence-corrected chi connectivity index (χ4v) is 1.71. The molecule has 0 fully saturated rings. The summed E-state index contributed by atoms with van der Waals surface area (Å²) in [5.41, 5.74) is 0. The van der Waals surface area contributed by atoms with Crippen LogP contribution >= 0.6 is 0 Å². The molecular formula is C16H24Cl2Rh2. The zero-order chi connectivity index (χ0) is 11.3. The summed E-state index contributed by atoms with van der Waals surface area (Å²) in [5, 5.41) is 0. The predicted octanol–water partition coefficient (Wildman–Crippen LogP) is -0.651. The van der Waals surface area contributed by atoms with Crippen molar-refractivity contribution in [3.8, 4) is 0 Å². The smallest absolute Gasteiger partial charge is 1.00 e. The van der Waals surface area contributed by atoms with Crippen LogP contribution in [0, 0.1) is 0 Å². The van der Waals surface area contributed by atoms with Crippen molar-refractivity contribution in [2.75, 3.05) is 0 Å². The van der Waals surface area contributed by atoms with Crippen molar-refractivity contribution < 1.29 is 63.8 Å². The molecule has 0 saturated carbocycles. The molecule has 0 unspecified atom stereocenters. The Morgan fingerprint density at radius 3 is 0.500 bits per heavy atom. The second-order valence-corrected chi connectivity index (χ2v) is 4.20. The molecule has 0 N–H and O–H groups in total. The van der Waals surface area contributed by atoms with Crippen molar-refractivity contribution in [3.05, 3.63) is 48.6 Å². The predicted molar refractivity (Wildman–Crippen MR) is 73.5 cm³/mol. The summed E-state index contributed by atoms with van der Waals surface area (Å²) >= 11 is 0. The maximum atomic E-state index is 2.27. The molecule has 2 aliphatic rings. The van der Waals surface area contributed by atoms with Gasteiger partial charge in [-0.3, -0.25) is 0 Å². The Morgan fingerprint density at radius 2 is 0.400 bits per heavy atom. The minimum absolute atomic E-state index is 0. The first kappa shape index (κ1) is 28.9. The van der Waals surface area contributed by atoms with E-state index in [4.69, 9.17) is 0 Å². The van der Waals surface area contributed by atoms with E-state index < -0.39 is 0 Å². The Bertz CT molecular complexity index is 192. The van der Waals surface area contributed by atoms with Crippen molar-refractivity contribution >= 4 is 0 Å². The molecule has 120 valence electrons. The van der Waals surface area contributed by atoms with Crippen LogP contribution in [0.4, 0.5) is 0 Å². The SMILES string of the molecule is C1=CCCC=CCC1.C1=CCCC=CCC1.[Cl-].[Cl-].[Rh+].[Rh+]. The van der Waals surface area contributed by atoms with Crippen molar-refractivity contribution in [1.29, 1.82) is 0 Å². The summed E-state index contributed by atoms with van der Waals surface area (Å²) < 4.78 is 0. The average Bonchev–Trinajstić information content (AvgIpc) is 2.15. The Labute approximate surface area is 163 Å². The van der Waals surface area contributed by atoms with Gasteiger partial charge in [-0.25, -0.2) is 0 Å². The largest absolute Gasteiger partial charge is 1.00 e. The third-order valence-electron chi connectivity index (χ3n) is 2.67. The Morgan fingerprint density at radius 1 is 0.300 bits per heavy atom. The van der Waals surface area contributed by atoms with Crippen LogP contribution in [-0.4, -0.2) is 0 Å². The van der Waals surface area contributed by atoms with E-state index in [0.717, 1.165) is 0 Å². The van der Waals surface area contributed by atoms with Crippen molar-refractivity contribution in [1.82, 2.24) is 0 Å². The summed E-state index contributed by atoms with van der Waals surface area (Å²) in [5.74, 6) is 0. The number of rotatable bonds is 0. The molecular weight excluding hydrogens is 469 g/mol. The number of allylic oxidation sites excluding steroid dienone is 8. The molecule has 0 saturated heterocycles. The van der Waals surface area contributed by atoms with Gasteiger partial charge in [0.2, 0.25) is 0 Å². The van der Waals surface area contributed by atoms with Gasteiger partial charge in [0.25, 0.3) is 0 Å². The van der Waals surface area contributed by atoms with E-state index in [0.29, 0.717) is 0 Å². The van der Waals surface area contributed by atoms with Crippen LogP contribution in [0.1, 0.15) is 51.4 Å². The normalized spacial score (nSPS) is 16.0. The fourth-order valence-electron chi connectivity index (χ4n) is 1.71. The molecule has 0 aromatic heterocycles. The van der Waals surface area contributed by atoms with Crippen LogP contribution in [0.3, 0.4) is 0 Å². The third-order valence-corrected chi connectivity index (χ3v) is 2.67. The van der Waals surface area contributed by atoms with Crippen molar-refractivity contribution in [2.45, 2.75) is 51.4 Å². The van der Waals surface area contributed by atoms with Crippen molar-refractivity contribution in [3.63, 3.8) is 0 Å². The number of hydrogen-bond acceptors (Lipinski definition) is 0. The molecule has 0 atom stereocenters. The van der Waals surface area contributed by atoms with E-state index in [-0.39, 0.29) is 63.8 Å². The fraction of sp³-hybridized carbons (Fsp3) is 0.500. The van der Waals surface area contributed by atoms with Gasteiger partial charge in [0, 0.05) is 0 Å². The van der Waals surface area contributed by atoms with E-state index in [1.807, 2.05) is 0 Å². The van der Waals surface area contributed by atoms with Gasteiger partial charge >= 0.3 is 39.0 Å². The van der Waals surface area contributed by atoms with Gasteiger partial charge in [-0.1, -0.05) is 48.6 Å². The first-order valence-electron chi connectivity index (χ1n) is 6.60. The second kappa shape index (κ2) is 24.8. The molecule has 0 bridgehead atoms. The molecule has 2 aliphatic carbocycles. The van der Waals surface area contributed by atoms with Gasteiger partial charge < -0.3 is 24.8 Å². The van der Waals surface area contributed by atoms with Crippen LogP contribution in [-0.2, 0) is 39.0 Å². The van der Waals surface area contributed by atoms with E-state index >= 15 is 0 Å². The van der Waals surface area contributed by atoms with Gasteiger partial charge in [0.15, 0.2) is 0 Å². The molecule has 0 aliphatic heterocycles. The second-order valence-electron chi connectivity index (χ2n) is 4.20. The van der Waals surface area contributed by atoms with E-state index in [2.05, 4.69) is 48.6 Å². The van der Waals surface area contributed by atoms with Crippen LogP contribution in [0.2, 0.25) is 0 Å². The maximum Gasteiger partial charge on any atom is 1.00 e. The topological polar surface area (TPSA) is 0 Å². The van der Waals surface area contributed by atoms with Gasteiger partial charge in [-0.05, 0) is 51.4 Å². The van der Waals surface area contributed by atoms with Crippen LogP contribution < -0.4 is 24.8 Å². The maximum absolute atomic E-state index is 2.27. The third kappa shape index (κ3) is 21.1. The zero-order valence-corrected chi connectivity index (χ0v) is 16.5. The number of halogens is 2. The molecule has 0 amide bonds. The Hall–Kier alpha value is 0.787. The van der Waals surface area contributed by atoms with Crippen LogP contribution in [0.15, 0.2) is 48.6 Å². The molecule has 0 nitrogen and oxygen atoms in total. The average molecular weight is 493 g/mol. The molecule has 0 radical (unpaired) electrons. The van der Waals surface area contributed by atoms with Gasteiger partial charge in [0.1, 0.15) is 0 Å². The monoisotopic (exact) mass is 492 g/mol. The standard InChI is InChI=1S/2C8H12.2ClH.2Rh/c2*1-2-4-6-8-7-5-3-1;;;;/h2*1-2,7-8H,3-6H2;2*1H;;/q;;;;2*+1/p-2. The molecule has 0 heterocycles. The minimum atomic E-state index is 0. The summed E-state index contributed by atoms with van der Waals surface area (Å²) in [6.07, 6.45) is 28.0. The first-order chi connectivity index (χ1) is 8.00. The summed E-state index contributed by atoms with van der Waals surface area (Å²) in [6.45, 7) is 0. The van der Waals surface area contributed by atoms with E-state index in [9.17, 15) is 0 Å². The summed E-state index contributed by atoms with van der Waals surface area (Å²) in [4.78, 5) is 0. The number of hydrogen-bond donors (Lipinski definition) is 0. The quantitative estimate of drug-likeness (QED) is 0.311. The Balaban J connectivity index is -0.000000107. The molecule has 20 heavy (non-hydrogen) atoms. The van der Waals surface area contributed by atoms with Crippen molar-refractivity contribution in [2.24, 2.45) is 0 Å². The van der Waals surface area contributed by atoms with E-state index in [1.54, 1.807) is 0 Å². The van der Waals surface area contributed by atoms with Gasteiger partial charge in [-0.15, -0.1) is 0 Å². The molecule has 4 heteroatoms. The zero-order valence-electron chi connectivity index (χ0n) is 11.7. The van der Waals surface area contributed by atoms with Crippen LogP contribution in [0.5, 0.6) is 0 Å². The Kier molecular flexibility index (Phi) is 35.8. The molecule has 0 aromatic carbocycles. The van der Waals surface area contributed by atoms with Crippen LogP contribution in [0.25, 0.3) is 0 Å². The molecule has 2 rings (SSSR count). The summed E-state index contributed by atoms with van der Waals surface area (Å²) in [6, 6.07) is 0.